The molecule has 0 radical (unpaired) electrons. The number of urea groups is 1. The molecule has 2 aromatic heterocycles. The molecule has 7 heteroatoms. The van der Waals surface area contributed by atoms with Gasteiger partial charge >= 0.3 is 6.03 Å². The predicted molar refractivity (Wildman–Crippen MR) is 88.6 cm³/mol. The molecular weight excluding hydrogens is 316 g/mol. The largest absolute Gasteiger partial charge is 0.475 e. The minimum Gasteiger partial charge on any atom is -0.475 e. The normalized spacial score (nSPS) is 11.6. The molecule has 0 bridgehead atoms. The van der Waals surface area contributed by atoms with Crippen LogP contribution in [0.1, 0.15) is 18.5 Å². The van der Waals surface area contributed by atoms with Gasteiger partial charge in [-0.3, -0.25) is 4.98 Å². The molecule has 1 atom stereocenters. The molecule has 0 spiro atoms. The molecule has 122 valence electrons. The summed E-state index contributed by atoms with van der Waals surface area (Å²) in [6.45, 7) is 2.59. The molecule has 2 heterocycles. The van der Waals surface area contributed by atoms with E-state index in [1.807, 2.05) is 19.1 Å². The highest BCUT2D eigenvalue weighted by molar-refractivity contribution is 6.31. The van der Waals surface area contributed by atoms with Gasteiger partial charge in [0.2, 0.25) is 5.88 Å². The van der Waals surface area contributed by atoms with E-state index >= 15 is 0 Å². The average Bonchev–Trinajstić information content (AvgIpc) is 2.59. The molecule has 0 aliphatic carbocycles. The number of amides is 2. The summed E-state index contributed by atoms with van der Waals surface area (Å²) < 4.78 is 5.43. The van der Waals surface area contributed by atoms with Crippen molar-refractivity contribution in [3.05, 3.63) is 53.4 Å². The van der Waals surface area contributed by atoms with Crippen molar-refractivity contribution in [3.8, 4) is 5.88 Å². The van der Waals surface area contributed by atoms with Gasteiger partial charge in [-0.15, -0.1) is 0 Å². The van der Waals surface area contributed by atoms with Crippen molar-refractivity contribution in [1.29, 1.82) is 0 Å². The number of ether oxygens (including phenoxy) is 1. The van der Waals surface area contributed by atoms with Crippen LogP contribution in [0, 0.1) is 0 Å². The zero-order chi connectivity index (χ0) is 16.7. The van der Waals surface area contributed by atoms with Crippen molar-refractivity contribution in [2.75, 3.05) is 20.2 Å². The Morgan fingerprint density at radius 2 is 2.17 bits per heavy atom. The van der Waals surface area contributed by atoms with Crippen LogP contribution in [-0.2, 0) is 0 Å². The van der Waals surface area contributed by atoms with E-state index in [1.54, 1.807) is 42.7 Å². The van der Waals surface area contributed by atoms with Crippen molar-refractivity contribution < 1.29 is 9.53 Å². The van der Waals surface area contributed by atoms with Crippen LogP contribution < -0.4 is 10.1 Å². The zero-order valence-corrected chi connectivity index (χ0v) is 13.8. The summed E-state index contributed by atoms with van der Waals surface area (Å²) >= 11 is 5.94. The topological polar surface area (TPSA) is 67.4 Å². The van der Waals surface area contributed by atoms with E-state index in [0.717, 1.165) is 5.56 Å². The van der Waals surface area contributed by atoms with E-state index in [-0.39, 0.29) is 18.7 Å². The van der Waals surface area contributed by atoms with Crippen molar-refractivity contribution >= 4 is 17.6 Å². The van der Waals surface area contributed by atoms with Gasteiger partial charge in [0.25, 0.3) is 0 Å². The lowest BCUT2D eigenvalue weighted by atomic mass is 10.1. The van der Waals surface area contributed by atoms with E-state index in [2.05, 4.69) is 15.3 Å². The fraction of sp³-hybridized carbons (Fsp3) is 0.312. The van der Waals surface area contributed by atoms with E-state index in [1.165, 1.54) is 0 Å². The number of rotatable bonds is 6. The van der Waals surface area contributed by atoms with Crippen LogP contribution in [0.4, 0.5) is 4.79 Å². The zero-order valence-electron chi connectivity index (χ0n) is 13.1. The average molecular weight is 335 g/mol. The summed E-state index contributed by atoms with van der Waals surface area (Å²) in [5.74, 6) is 0.362. The number of nitrogens with zero attached hydrogens (tertiary/aromatic N) is 3. The van der Waals surface area contributed by atoms with Crippen LogP contribution in [0.2, 0.25) is 5.02 Å². The Morgan fingerprint density at radius 3 is 2.87 bits per heavy atom. The highest BCUT2D eigenvalue weighted by Crippen LogP contribution is 2.19. The Labute approximate surface area is 140 Å². The van der Waals surface area contributed by atoms with Gasteiger partial charge < -0.3 is 15.0 Å². The Bertz CT molecular complexity index is 639. The molecule has 0 aliphatic rings. The van der Waals surface area contributed by atoms with Crippen LogP contribution in [-0.4, -0.2) is 41.1 Å². The Morgan fingerprint density at radius 1 is 1.39 bits per heavy atom. The summed E-state index contributed by atoms with van der Waals surface area (Å²) in [7, 11) is 1.74. The summed E-state index contributed by atoms with van der Waals surface area (Å²) in [5, 5.41) is 3.24. The maximum atomic E-state index is 12.1. The number of halogens is 1. The van der Waals surface area contributed by atoms with Crippen molar-refractivity contribution in [2.24, 2.45) is 0 Å². The molecule has 6 nitrogen and oxygen atoms in total. The quantitative estimate of drug-likeness (QED) is 0.825. The van der Waals surface area contributed by atoms with Gasteiger partial charge in [-0.25, -0.2) is 9.78 Å². The van der Waals surface area contributed by atoms with Crippen molar-refractivity contribution in [2.45, 2.75) is 13.0 Å². The molecule has 0 unspecified atom stereocenters. The van der Waals surface area contributed by atoms with Gasteiger partial charge in [-0.2, -0.15) is 0 Å². The molecule has 2 aromatic rings. The van der Waals surface area contributed by atoms with Gasteiger partial charge in [-0.1, -0.05) is 17.7 Å². The van der Waals surface area contributed by atoms with Crippen LogP contribution in [0.3, 0.4) is 0 Å². The molecule has 1 N–H and O–H groups in total. The van der Waals surface area contributed by atoms with Gasteiger partial charge in [-0.05, 0) is 30.7 Å². The first kappa shape index (κ1) is 17.0. The lowest BCUT2D eigenvalue weighted by Gasteiger charge is -2.25. The second-order valence-corrected chi connectivity index (χ2v) is 5.35. The van der Waals surface area contributed by atoms with E-state index < -0.39 is 0 Å². The minimum absolute atomic E-state index is 0.0742. The standard InChI is InChI=1S/C16H19ClN4O2/c1-12(13-5-3-7-18-11-13)21(2)16(22)20-9-10-23-15-14(17)6-4-8-19-15/h3-8,11-12H,9-10H2,1-2H3,(H,20,22)/t12-/m0/s1. The number of hydrogen-bond acceptors (Lipinski definition) is 4. The first-order valence-electron chi connectivity index (χ1n) is 7.23. The first-order valence-corrected chi connectivity index (χ1v) is 7.61. The lowest BCUT2D eigenvalue weighted by molar-refractivity contribution is 0.191. The summed E-state index contributed by atoms with van der Waals surface area (Å²) in [6.07, 6.45) is 5.06. The molecular formula is C16H19ClN4O2. The number of pyridine rings is 2. The summed E-state index contributed by atoms with van der Waals surface area (Å²) in [4.78, 5) is 21.8. The van der Waals surface area contributed by atoms with Crippen LogP contribution in [0.15, 0.2) is 42.9 Å². The molecule has 0 saturated heterocycles. The van der Waals surface area contributed by atoms with Gasteiger partial charge in [0.1, 0.15) is 11.6 Å². The van der Waals surface area contributed by atoms with Gasteiger partial charge in [0.15, 0.2) is 0 Å². The number of hydrogen-bond donors (Lipinski definition) is 1. The molecule has 0 saturated carbocycles. The summed E-state index contributed by atoms with van der Waals surface area (Å²) in [6, 6.07) is 6.96. The highest BCUT2D eigenvalue weighted by Gasteiger charge is 2.16. The van der Waals surface area contributed by atoms with Crippen LogP contribution in [0.25, 0.3) is 0 Å². The van der Waals surface area contributed by atoms with E-state index in [0.29, 0.717) is 17.4 Å². The predicted octanol–water partition coefficient (Wildman–Crippen LogP) is 2.91. The molecule has 0 fully saturated rings. The van der Waals surface area contributed by atoms with Gasteiger partial charge in [0.05, 0.1) is 12.6 Å². The minimum atomic E-state index is -0.183. The molecule has 2 amide bonds. The highest BCUT2D eigenvalue weighted by atomic mass is 35.5. The third-order valence-electron chi connectivity index (χ3n) is 3.41. The summed E-state index contributed by atoms with van der Waals surface area (Å²) in [5.41, 5.74) is 0.974. The molecule has 23 heavy (non-hydrogen) atoms. The van der Waals surface area contributed by atoms with E-state index in [9.17, 15) is 4.79 Å². The Hall–Kier alpha value is -2.34. The number of nitrogens with one attached hydrogen (secondary N) is 1. The maximum Gasteiger partial charge on any atom is 0.317 e. The second-order valence-electron chi connectivity index (χ2n) is 4.94. The Kier molecular flexibility index (Phi) is 6.17. The fourth-order valence-electron chi connectivity index (χ4n) is 1.93. The number of carbonyl (C=O) groups is 1. The third kappa shape index (κ3) is 4.82. The molecule has 2 rings (SSSR count). The Balaban J connectivity index is 1.77. The molecule has 0 aliphatic heterocycles. The SMILES string of the molecule is C[C@@H](c1cccnc1)N(C)C(=O)NCCOc1ncccc1Cl. The number of aromatic nitrogens is 2. The monoisotopic (exact) mass is 334 g/mol. The maximum absolute atomic E-state index is 12.1. The lowest BCUT2D eigenvalue weighted by Crippen LogP contribution is -2.40. The first-order chi connectivity index (χ1) is 11.1. The number of carbonyl (C=O) groups excluding carboxylic acids is 1. The van der Waals surface area contributed by atoms with Crippen LogP contribution in [0.5, 0.6) is 5.88 Å². The van der Waals surface area contributed by atoms with E-state index in [4.69, 9.17) is 16.3 Å². The molecule has 0 aromatic carbocycles. The van der Waals surface area contributed by atoms with Crippen molar-refractivity contribution in [1.82, 2.24) is 20.2 Å². The smallest absolute Gasteiger partial charge is 0.317 e. The third-order valence-corrected chi connectivity index (χ3v) is 3.70. The second kappa shape index (κ2) is 8.33. The fourth-order valence-corrected chi connectivity index (χ4v) is 2.11. The van der Waals surface area contributed by atoms with Gasteiger partial charge in [0, 0.05) is 25.6 Å². The van der Waals surface area contributed by atoms with Crippen LogP contribution >= 0.6 is 11.6 Å². The van der Waals surface area contributed by atoms with Crippen molar-refractivity contribution in [3.63, 3.8) is 0 Å².